The summed E-state index contributed by atoms with van der Waals surface area (Å²) in [7, 11) is 0. The van der Waals surface area contributed by atoms with Crippen LogP contribution in [0.5, 0.6) is 0 Å². The molecule has 3 aliphatic heterocycles. The molecule has 1 aromatic rings. The number of unbranched alkanes of at least 4 members (excludes halogenated alkanes) is 1. The Morgan fingerprint density at radius 2 is 1.93 bits per heavy atom. The fourth-order valence-electron chi connectivity index (χ4n) is 4.48. The molecule has 8 heteroatoms. The van der Waals surface area contributed by atoms with E-state index in [2.05, 4.69) is 32.7 Å². The Morgan fingerprint density at radius 1 is 1.14 bits per heavy atom. The van der Waals surface area contributed by atoms with Gasteiger partial charge in [0.2, 0.25) is 5.91 Å². The maximum atomic E-state index is 12.5. The maximum Gasteiger partial charge on any atom is 0.315 e. The van der Waals surface area contributed by atoms with E-state index >= 15 is 0 Å². The molecule has 7 nitrogen and oxygen atoms in total. The summed E-state index contributed by atoms with van der Waals surface area (Å²) in [5.41, 5.74) is 1.32. The molecule has 3 fully saturated rings. The van der Waals surface area contributed by atoms with Gasteiger partial charge in [0.05, 0.1) is 12.1 Å². The van der Waals surface area contributed by atoms with Crippen molar-refractivity contribution in [2.45, 2.75) is 49.4 Å². The van der Waals surface area contributed by atoms with Crippen LogP contribution in [0.1, 0.15) is 31.2 Å². The number of hydrogen-bond donors (Lipinski definition) is 2. The predicted molar refractivity (Wildman–Crippen MR) is 115 cm³/mol. The number of thioether (sulfide) groups is 1. The number of urea groups is 1. The average molecular weight is 418 g/mol. The molecule has 0 spiro atoms. The summed E-state index contributed by atoms with van der Waals surface area (Å²) in [6.07, 6.45) is 8.43. The van der Waals surface area contributed by atoms with Crippen molar-refractivity contribution < 1.29 is 9.59 Å². The Bertz CT molecular complexity index is 696. The molecule has 0 bridgehead atoms. The summed E-state index contributed by atoms with van der Waals surface area (Å²) in [6.45, 7) is 4.65. The van der Waals surface area contributed by atoms with E-state index in [1.165, 1.54) is 5.56 Å². The average Bonchev–Trinajstić information content (AvgIpc) is 3.30. The second-order valence-electron chi connectivity index (χ2n) is 8.20. The van der Waals surface area contributed by atoms with Gasteiger partial charge in [-0.3, -0.25) is 14.7 Å². The van der Waals surface area contributed by atoms with Gasteiger partial charge in [-0.25, -0.2) is 4.79 Å². The molecule has 4 heterocycles. The highest BCUT2D eigenvalue weighted by molar-refractivity contribution is 8.00. The molecule has 158 valence electrons. The Hall–Kier alpha value is -1.80. The Morgan fingerprint density at radius 3 is 2.72 bits per heavy atom. The van der Waals surface area contributed by atoms with Crippen molar-refractivity contribution in [2.24, 2.45) is 0 Å². The number of hydrogen-bond acceptors (Lipinski definition) is 5. The highest BCUT2D eigenvalue weighted by atomic mass is 32.2. The number of nitrogens with one attached hydrogen (secondary N) is 2. The third kappa shape index (κ3) is 5.42. The number of piperazine rings is 1. The van der Waals surface area contributed by atoms with Gasteiger partial charge in [-0.1, -0.05) is 6.42 Å². The number of carbonyl (C=O) groups excluding carboxylic acids is 2. The number of nitrogens with zero attached hydrogens (tertiary/aromatic N) is 3. The van der Waals surface area contributed by atoms with E-state index in [0.717, 1.165) is 64.2 Å². The summed E-state index contributed by atoms with van der Waals surface area (Å²) in [5, 5.41) is 6.50. The second kappa shape index (κ2) is 9.80. The van der Waals surface area contributed by atoms with Gasteiger partial charge in [-0.15, -0.1) is 0 Å². The lowest BCUT2D eigenvalue weighted by atomic mass is 10.0. The summed E-state index contributed by atoms with van der Waals surface area (Å²) in [6, 6.07) is 4.67. The molecular weight excluding hydrogens is 386 g/mol. The molecule has 1 aromatic heterocycles. The van der Waals surface area contributed by atoms with Gasteiger partial charge in [-0.05, 0) is 37.0 Å². The molecule has 3 unspecified atom stereocenters. The Kier molecular flexibility index (Phi) is 6.92. The summed E-state index contributed by atoms with van der Waals surface area (Å²) in [4.78, 5) is 32.5. The number of amides is 3. The molecular formula is C21H31N5O2S. The summed E-state index contributed by atoms with van der Waals surface area (Å²) in [5.74, 6) is 1.30. The number of pyridine rings is 1. The van der Waals surface area contributed by atoms with Crippen molar-refractivity contribution in [3.05, 3.63) is 30.1 Å². The smallest absolute Gasteiger partial charge is 0.315 e. The van der Waals surface area contributed by atoms with E-state index in [4.69, 9.17) is 0 Å². The molecule has 3 aliphatic rings. The van der Waals surface area contributed by atoms with Gasteiger partial charge >= 0.3 is 6.03 Å². The van der Waals surface area contributed by atoms with Crippen LogP contribution in [0.4, 0.5) is 4.79 Å². The van der Waals surface area contributed by atoms with Crippen molar-refractivity contribution in [3.8, 4) is 0 Å². The molecule has 4 rings (SSSR count). The Labute approximate surface area is 177 Å². The van der Waals surface area contributed by atoms with Gasteiger partial charge < -0.3 is 15.5 Å². The second-order valence-corrected chi connectivity index (χ2v) is 9.47. The fourth-order valence-corrected chi connectivity index (χ4v) is 6.02. The van der Waals surface area contributed by atoms with E-state index in [0.29, 0.717) is 17.6 Å². The van der Waals surface area contributed by atoms with Gasteiger partial charge in [0.15, 0.2) is 0 Å². The Balaban J connectivity index is 1.09. The highest BCUT2D eigenvalue weighted by Gasteiger charge is 2.42. The zero-order valence-corrected chi connectivity index (χ0v) is 17.7. The first-order chi connectivity index (χ1) is 14.2. The SMILES string of the molecule is O=C1NC2CSC(CCCCC(=O)N3CCN(CCc4ccncc4)CC3)C2N1. The minimum atomic E-state index is -0.0274. The van der Waals surface area contributed by atoms with Crippen LogP contribution >= 0.6 is 11.8 Å². The standard InChI is InChI=1S/C21H31N5O2S/c27-19(4-2-1-3-18-20-17(15-29-18)23-21(28)24-20)26-13-11-25(12-14-26)10-7-16-5-8-22-9-6-16/h5-6,8-9,17-18,20H,1-4,7,10-15H2,(H2,23,24,28). The first kappa shape index (κ1) is 20.5. The van der Waals surface area contributed by atoms with E-state index in [1.54, 1.807) is 0 Å². The lowest BCUT2D eigenvalue weighted by molar-refractivity contribution is -0.133. The van der Waals surface area contributed by atoms with Crippen LogP contribution < -0.4 is 10.6 Å². The first-order valence-corrected chi connectivity index (χ1v) is 11.8. The molecule has 0 saturated carbocycles. The van der Waals surface area contributed by atoms with E-state index < -0.39 is 0 Å². The van der Waals surface area contributed by atoms with Crippen molar-refractivity contribution >= 4 is 23.7 Å². The quantitative estimate of drug-likeness (QED) is 0.495. The summed E-state index contributed by atoms with van der Waals surface area (Å²) >= 11 is 1.94. The molecule has 3 amide bonds. The summed E-state index contributed by atoms with van der Waals surface area (Å²) < 4.78 is 0. The highest BCUT2D eigenvalue weighted by Crippen LogP contribution is 2.33. The van der Waals surface area contributed by atoms with Crippen LogP contribution in [-0.4, -0.2) is 82.5 Å². The minimum absolute atomic E-state index is 0.0274. The lowest BCUT2D eigenvalue weighted by Crippen LogP contribution is -2.49. The fraction of sp³-hybridized carbons (Fsp3) is 0.667. The van der Waals surface area contributed by atoms with E-state index in [-0.39, 0.29) is 18.1 Å². The van der Waals surface area contributed by atoms with Crippen molar-refractivity contribution in [1.82, 2.24) is 25.4 Å². The number of rotatable bonds is 8. The van der Waals surface area contributed by atoms with Gasteiger partial charge in [0, 0.05) is 62.5 Å². The van der Waals surface area contributed by atoms with E-state index in [1.807, 2.05) is 29.1 Å². The normalized spacial score (nSPS) is 26.8. The minimum Gasteiger partial charge on any atom is -0.340 e. The molecule has 3 saturated heterocycles. The molecule has 2 N–H and O–H groups in total. The maximum absolute atomic E-state index is 12.5. The van der Waals surface area contributed by atoms with Crippen molar-refractivity contribution in [3.63, 3.8) is 0 Å². The lowest BCUT2D eigenvalue weighted by Gasteiger charge is -2.34. The molecule has 29 heavy (non-hydrogen) atoms. The van der Waals surface area contributed by atoms with Gasteiger partial charge in [0.1, 0.15) is 0 Å². The zero-order valence-electron chi connectivity index (χ0n) is 16.9. The molecule has 3 atom stereocenters. The predicted octanol–water partition coefficient (Wildman–Crippen LogP) is 1.49. The van der Waals surface area contributed by atoms with Crippen LogP contribution in [-0.2, 0) is 11.2 Å². The van der Waals surface area contributed by atoms with Gasteiger partial charge in [0.25, 0.3) is 0 Å². The van der Waals surface area contributed by atoms with E-state index in [9.17, 15) is 9.59 Å². The number of fused-ring (bicyclic) bond motifs is 1. The van der Waals surface area contributed by atoms with Crippen LogP contribution in [0.15, 0.2) is 24.5 Å². The molecule has 0 aliphatic carbocycles. The third-order valence-corrected chi connectivity index (χ3v) is 7.77. The molecule has 0 radical (unpaired) electrons. The number of carbonyl (C=O) groups is 2. The topological polar surface area (TPSA) is 77.6 Å². The van der Waals surface area contributed by atoms with Gasteiger partial charge in [-0.2, -0.15) is 11.8 Å². The van der Waals surface area contributed by atoms with Crippen LogP contribution in [0.3, 0.4) is 0 Å². The molecule has 0 aromatic carbocycles. The monoisotopic (exact) mass is 417 g/mol. The van der Waals surface area contributed by atoms with Crippen LogP contribution in [0.25, 0.3) is 0 Å². The largest absolute Gasteiger partial charge is 0.340 e. The van der Waals surface area contributed by atoms with Crippen molar-refractivity contribution in [1.29, 1.82) is 0 Å². The first-order valence-electron chi connectivity index (χ1n) is 10.8. The van der Waals surface area contributed by atoms with Crippen LogP contribution in [0.2, 0.25) is 0 Å². The van der Waals surface area contributed by atoms with Crippen LogP contribution in [0, 0.1) is 0 Å². The zero-order chi connectivity index (χ0) is 20.1. The van der Waals surface area contributed by atoms with Crippen molar-refractivity contribution in [2.75, 3.05) is 38.5 Å². The number of aromatic nitrogens is 1. The third-order valence-electron chi connectivity index (χ3n) is 6.26.